The highest BCUT2D eigenvalue weighted by Crippen LogP contribution is 2.40. The monoisotopic (exact) mass is 484 g/mol. The minimum Gasteiger partial charge on any atom is -0.485 e. The smallest absolute Gasteiger partial charge is 0.315 e. The molecule has 0 heterocycles. The Labute approximate surface area is 205 Å². The first-order chi connectivity index (χ1) is 17.4. The number of para-hydroxylation sites is 1. The van der Waals surface area contributed by atoms with Gasteiger partial charge in [0.1, 0.15) is 18.8 Å². The van der Waals surface area contributed by atoms with Gasteiger partial charge in [0.25, 0.3) is 5.69 Å². The summed E-state index contributed by atoms with van der Waals surface area (Å²) < 4.78 is 11.7. The summed E-state index contributed by atoms with van der Waals surface area (Å²) in [6.07, 6.45) is 0. The van der Waals surface area contributed by atoms with Crippen molar-refractivity contribution in [3.05, 3.63) is 140 Å². The van der Waals surface area contributed by atoms with Gasteiger partial charge in [-0.05, 0) is 23.3 Å². The van der Waals surface area contributed by atoms with Crippen LogP contribution in [0.4, 0.5) is 11.4 Å². The molecule has 0 aliphatic rings. The van der Waals surface area contributed by atoms with E-state index < -0.39 is 27.0 Å². The van der Waals surface area contributed by atoms with Crippen molar-refractivity contribution in [3.63, 3.8) is 0 Å². The zero-order valence-electron chi connectivity index (χ0n) is 18.9. The van der Waals surface area contributed by atoms with Gasteiger partial charge in [0.2, 0.25) is 5.75 Å². The van der Waals surface area contributed by atoms with Crippen molar-refractivity contribution in [3.8, 4) is 11.5 Å². The van der Waals surface area contributed by atoms with Gasteiger partial charge in [0.05, 0.1) is 9.85 Å². The normalized spacial score (nSPS) is 10.4. The Morgan fingerprint density at radius 2 is 1.19 bits per heavy atom. The Morgan fingerprint density at radius 1 is 0.667 bits per heavy atom. The van der Waals surface area contributed by atoms with Crippen LogP contribution in [0.15, 0.2) is 97.1 Å². The number of hydrogen-bond acceptors (Lipinski definition) is 7. The van der Waals surface area contributed by atoms with Gasteiger partial charge in [-0.2, -0.15) is 0 Å². The summed E-state index contributed by atoms with van der Waals surface area (Å²) >= 11 is 0. The van der Waals surface area contributed by atoms with Crippen LogP contribution in [0.5, 0.6) is 11.5 Å². The number of hydrogen-bond donors (Lipinski definition) is 0. The third kappa shape index (κ3) is 5.53. The van der Waals surface area contributed by atoms with E-state index in [4.69, 9.17) is 9.47 Å². The lowest BCUT2D eigenvalue weighted by atomic mass is 10.0. The number of rotatable bonds is 10. The maximum atomic E-state index is 13.2. The first kappa shape index (κ1) is 24.1. The summed E-state index contributed by atoms with van der Waals surface area (Å²) in [6, 6.07) is 26.0. The Balaban J connectivity index is 1.77. The van der Waals surface area contributed by atoms with E-state index in [9.17, 15) is 25.0 Å². The van der Waals surface area contributed by atoms with Crippen LogP contribution >= 0.6 is 0 Å². The van der Waals surface area contributed by atoms with Gasteiger partial charge in [-0.15, -0.1) is 0 Å². The number of ketones is 1. The second-order valence-electron chi connectivity index (χ2n) is 7.73. The molecule has 0 radical (unpaired) electrons. The molecule has 36 heavy (non-hydrogen) atoms. The van der Waals surface area contributed by atoms with Crippen molar-refractivity contribution in [2.45, 2.75) is 13.2 Å². The Hall–Kier alpha value is -5.05. The molecule has 0 saturated carbocycles. The summed E-state index contributed by atoms with van der Waals surface area (Å²) in [7, 11) is 0. The van der Waals surface area contributed by atoms with Crippen molar-refractivity contribution in [2.75, 3.05) is 0 Å². The molecule has 4 aromatic rings. The first-order valence-electron chi connectivity index (χ1n) is 10.9. The molecule has 0 amide bonds. The second kappa shape index (κ2) is 10.9. The van der Waals surface area contributed by atoms with Gasteiger partial charge in [-0.3, -0.25) is 25.0 Å². The van der Waals surface area contributed by atoms with E-state index in [2.05, 4.69) is 0 Å². The van der Waals surface area contributed by atoms with Crippen LogP contribution in [0.25, 0.3) is 0 Å². The molecule has 0 atom stereocenters. The summed E-state index contributed by atoms with van der Waals surface area (Å²) in [6.45, 7) is 0.0870. The summed E-state index contributed by atoms with van der Waals surface area (Å²) in [5.41, 5.74) is 0.361. The number of benzene rings is 4. The molecule has 4 aromatic carbocycles. The van der Waals surface area contributed by atoms with Gasteiger partial charge >= 0.3 is 5.69 Å². The average Bonchev–Trinajstić information content (AvgIpc) is 2.91. The zero-order valence-corrected chi connectivity index (χ0v) is 18.9. The van der Waals surface area contributed by atoms with Crippen molar-refractivity contribution < 1.29 is 24.1 Å². The van der Waals surface area contributed by atoms with Crippen LogP contribution in [-0.2, 0) is 13.2 Å². The molecule has 0 aromatic heterocycles. The van der Waals surface area contributed by atoms with Crippen molar-refractivity contribution in [2.24, 2.45) is 0 Å². The van der Waals surface area contributed by atoms with Crippen LogP contribution in [0.2, 0.25) is 0 Å². The first-order valence-corrected chi connectivity index (χ1v) is 10.9. The predicted octanol–water partition coefficient (Wildman–Crippen LogP) is 5.89. The Bertz CT molecular complexity index is 1410. The van der Waals surface area contributed by atoms with Crippen LogP contribution in [-0.4, -0.2) is 15.6 Å². The van der Waals surface area contributed by atoms with Gasteiger partial charge in [-0.1, -0.05) is 72.8 Å². The minimum atomic E-state index is -0.746. The number of carbonyl (C=O) groups is 1. The highest BCUT2D eigenvalue weighted by molar-refractivity contribution is 6.12. The van der Waals surface area contributed by atoms with Gasteiger partial charge in [-0.25, -0.2) is 0 Å². The maximum Gasteiger partial charge on any atom is 0.315 e. The fourth-order valence-electron chi connectivity index (χ4n) is 3.55. The summed E-state index contributed by atoms with van der Waals surface area (Å²) in [5, 5.41) is 23.4. The molecule has 9 heteroatoms. The third-order valence-electron chi connectivity index (χ3n) is 5.30. The van der Waals surface area contributed by atoms with Crippen LogP contribution in [0.1, 0.15) is 27.0 Å². The number of ether oxygens (including phenoxy) is 2. The fraction of sp³-hybridized carbons (Fsp3) is 0.0741. The van der Waals surface area contributed by atoms with E-state index in [0.717, 1.165) is 17.2 Å². The number of nitro benzene ring substituents is 2. The molecule has 0 fully saturated rings. The molecule has 0 saturated heterocycles. The van der Waals surface area contributed by atoms with Gasteiger partial charge in [0.15, 0.2) is 11.5 Å². The molecular formula is C27H20N2O7. The third-order valence-corrected chi connectivity index (χ3v) is 5.30. The second-order valence-corrected chi connectivity index (χ2v) is 7.73. The zero-order chi connectivity index (χ0) is 25.5. The van der Waals surface area contributed by atoms with Crippen LogP contribution < -0.4 is 9.47 Å². The maximum absolute atomic E-state index is 13.2. The SMILES string of the molecule is O=C(c1cc(OCc2ccccc2)c(OCc2ccccc2)c([N+](=O)[O-])c1)c1ccccc1[N+](=O)[O-]. The Morgan fingerprint density at radius 3 is 1.78 bits per heavy atom. The van der Waals surface area contributed by atoms with Gasteiger partial charge in [0, 0.05) is 17.7 Å². The topological polar surface area (TPSA) is 122 Å². The van der Waals surface area contributed by atoms with E-state index in [1.54, 1.807) is 0 Å². The summed E-state index contributed by atoms with van der Waals surface area (Å²) in [5.74, 6) is -0.908. The molecule has 0 unspecified atom stereocenters. The number of carbonyl (C=O) groups excluding carboxylic acids is 1. The van der Waals surface area contributed by atoms with Crippen molar-refractivity contribution in [1.29, 1.82) is 0 Å². The number of nitrogens with zero attached hydrogens (tertiary/aromatic N) is 2. The molecule has 0 N–H and O–H groups in total. The molecule has 0 aliphatic carbocycles. The standard InChI is InChI=1S/C27H20N2O7/c30-26(22-13-7-8-14-23(22)28(31)32)21-15-24(29(33)34)27(36-18-20-11-5-2-6-12-20)25(16-21)35-17-19-9-3-1-4-10-19/h1-16H,17-18H2. The summed E-state index contributed by atoms with van der Waals surface area (Å²) in [4.78, 5) is 35.3. The molecule has 9 nitrogen and oxygen atoms in total. The molecule has 0 aliphatic heterocycles. The molecular weight excluding hydrogens is 464 g/mol. The lowest BCUT2D eigenvalue weighted by Crippen LogP contribution is -2.09. The van der Waals surface area contributed by atoms with Crippen LogP contribution in [0, 0.1) is 20.2 Å². The molecule has 0 spiro atoms. The van der Waals surface area contributed by atoms with E-state index >= 15 is 0 Å². The molecule has 4 rings (SSSR count). The van der Waals surface area contributed by atoms with Crippen molar-refractivity contribution >= 4 is 17.2 Å². The average molecular weight is 484 g/mol. The minimum absolute atomic E-state index is 0.0223. The van der Waals surface area contributed by atoms with Gasteiger partial charge < -0.3 is 9.47 Å². The van der Waals surface area contributed by atoms with E-state index in [1.165, 1.54) is 30.3 Å². The quantitative estimate of drug-likeness (QED) is 0.156. The lowest BCUT2D eigenvalue weighted by molar-refractivity contribution is -0.386. The van der Waals surface area contributed by atoms with Crippen LogP contribution in [0.3, 0.4) is 0 Å². The highest BCUT2D eigenvalue weighted by Gasteiger charge is 2.28. The van der Waals surface area contributed by atoms with Crippen molar-refractivity contribution in [1.82, 2.24) is 0 Å². The highest BCUT2D eigenvalue weighted by atomic mass is 16.6. The predicted molar refractivity (Wildman–Crippen MR) is 131 cm³/mol. The van der Waals surface area contributed by atoms with E-state index in [1.807, 2.05) is 60.7 Å². The lowest BCUT2D eigenvalue weighted by Gasteiger charge is -2.15. The molecule has 0 bridgehead atoms. The number of nitro groups is 2. The molecule has 180 valence electrons. The van der Waals surface area contributed by atoms with E-state index in [-0.39, 0.29) is 35.8 Å². The Kier molecular flexibility index (Phi) is 7.30. The largest absolute Gasteiger partial charge is 0.485 e. The van der Waals surface area contributed by atoms with E-state index in [0.29, 0.717) is 0 Å². The fourth-order valence-corrected chi connectivity index (χ4v) is 3.55.